The van der Waals surface area contributed by atoms with Crippen molar-refractivity contribution in [2.45, 2.75) is 25.9 Å². The Morgan fingerprint density at radius 2 is 2.27 bits per heavy atom. The van der Waals surface area contributed by atoms with Crippen LogP contribution in [-0.4, -0.2) is 41.6 Å². The number of likely N-dealkylation sites (tertiary alicyclic amines) is 1. The third kappa shape index (κ3) is 2.16. The van der Waals surface area contributed by atoms with Crippen molar-refractivity contribution in [2.24, 2.45) is 23.5 Å². The minimum atomic E-state index is -0.0902. The Labute approximate surface area is 91.0 Å². The van der Waals surface area contributed by atoms with Crippen LogP contribution in [-0.2, 0) is 0 Å². The van der Waals surface area contributed by atoms with Gasteiger partial charge in [-0.2, -0.15) is 0 Å². The number of hydrogen-bond acceptors (Lipinski definition) is 3. The summed E-state index contributed by atoms with van der Waals surface area (Å²) in [4.78, 5) is 2.35. The molecule has 4 N–H and O–H groups in total. The van der Waals surface area contributed by atoms with Crippen molar-refractivity contribution in [3.05, 3.63) is 0 Å². The first kappa shape index (κ1) is 10.9. The molecule has 1 aliphatic heterocycles. The smallest absolute Gasteiger partial charge is 0.0947 e. The first-order valence-corrected chi connectivity index (χ1v) is 5.82. The molecule has 1 saturated heterocycles. The number of aliphatic hydroxyl groups excluding tert-OH is 1. The number of nitrogens with zero attached hydrogens (tertiary/aromatic N) is 1. The summed E-state index contributed by atoms with van der Waals surface area (Å²) in [7, 11) is 0. The molecule has 0 bridgehead atoms. The van der Waals surface area contributed by atoms with Crippen molar-refractivity contribution in [1.82, 2.24) is 4.90 Å². The van der Waals surface area contributed by atoms with E-state index in [1.54, 1.807) is 0 Å². The van der Waals surface area contributed by atoms with Crippen LogP contribution in [0.4, 0.5) is 0 Å². The Morgan fingerprint density at radius 1 is 1.53 bits per heavy atom. The van der Waals surface area contributed by atoms with Crippen molar-refractivity contribution in [3.8, 4) is 0 Å². The fraction of sp³-hybridized carbons (Fsp3) is 0.909. The van der Waals surface area contributed by atoms with E-state index in [1.165, 1.54) is 0 Å². The maximum Gasteiger partial charge on any atom is 0.0947 e. The minimum Gasteiger partial charge on any atom is -0.393 e. The van der Waals surface area contributed by atoms with E-state index in [4.69, 9.17) is 11.1 Å². The fourth-order valence-electron chi connectivity index (χ4n) is 2.96. The van der Waals surface area contributed by atoms with E-state index in [2.05, 4.69) is 4.90 Å². The number of amidine groups is 1. The standard InChI is InChI=1S/C11H21N3O/c1-7(11(12)13)4-14-5-8-2-3-10(15)9(8)6-14/h7-10,15H,2-6H2,1H3,(H3,12,13). The molecule has 4 unspecified atom stereocenters. The second-order valence-electron chi connectivity index (χ2n) is 5.14. The fourth-order valence-corrected chi connectivity index (χ4v) is 2.96. The molecule has 1 heterocycles. The summed E-state index contributed by atoms with van der Waals surface area (Å²) in [6.45, 7) is 4.94. The maximum absolute atomic E-state index is 9.77. The maximum atomic E-state index is 9.77. The predicted octanol–water partition coefficient (Wildman–Crippen LogP) is 0.261. The number of nitrogens with one attached hydrogen (secondary N) is 1. The molecule has 0 aromatic carbocycles. The van der Waals surface area contributed by atoms with E-state index >= 15 is 0 Å². The third-order valence-electron chi connectivity index (χ3n) is 3.96. The van der Waals surface area contributed by atoms with Crippen LogP contribution in [0.25, 0.3) is 0 Å². The summed E-state index contributed by atoms with van der Waals surface area (Å²) in [5.41, 5.74) is 5.46. The molecule has 1 saturated carbocycles. The summed E-state index contributed by atoms with van der Waals surface area (Å²) in [6, 6.07) is 0. The second kappa shape index (κ2) is 4.10. The van der Waals surface area contributed by atoms with Gasteiger partial charge in [0.25, 0.3) is 0 Å². The normalized spacial score (nSPS) is 37.9. The van der Waals surface area contributed by atoms with Gasteiger partial charge in [-0.15, -0.1) is 0 Å². The molecule has 1 aliphatic carbocycles. The highest BCUT2D eigenvalue weighted by molar-refractivity contribution is 5.79. The molecule has 0 aromatic heterocycles. The van der Waals surface area contributed by atoms with Gasteiger partial charge in [0.05, 0.1) is 11.9 Å². The molecule has 2 fully saturated rings. The lowest BCUT2D eigenvalue weighted by molar-refractivity contribution is 0.123. The van der Waals surface area contributed by atoms with E-state index in [9.17, 15) is 5.11 Å². The summed E-state index contributed by atoms with van der Waals surface area (Å²) < 4.78 is 0. The molecule has 0 radical (unpaired) electrons. The van der Waals surface area contributed by atoms with Gasteiger partial charge in [-0.1, -0.05) is 6.92 Å². The number of aliphatic hydroxyl groups is 1. The molecule has 86 valence electrons. The molecule has 4 atom stereocenters. The molecule has 0 amide bonds. The molecular formula is C11H21N3O. The van der Waals surface area contributed by atoms with Crippen molar-refractivity contribution in [3.63, 3.8) is 0 Å². The molecular weight excluding hydrogens is 190 g/mol. The van der Waals surface area contributed by atoms with Gasteiger partial charge in [0, 0.05) is 31.5 Å². The average Bonchev–Trinajstić information content (AvgIpc) is 2.69. The van der Waals surface area contributed by atoms with Gasteiger partial charge >= 0.3 is 0 Å². The second-order valence-corrected chi connectivity index (χ2v) is 5.14. The zero-order valence-electron chi connectivity index (χ0n) is 9.32. The molecule has 15 heavy (non-hydrogen) atoms. The van der Waals surface area contributed by atoms with Gasteiger partial charge in [0.15, 0.2) is 0 Å². The van der Waals surface area contributed by atoms with Crippen molar-refractivity contribution in [2.75, 3.05) is 19.6 Å². The van der Waals surface area contributed by atoms with Gasteiger partial charge in [-0.05, 0) is 18.8 Å². The first-order valence-electron chi connectivity index (χ1n) is 5.82. The van der Waals surface area contributed by atoms with E-state index in [-0.39, 0.29) is 17.9 Å². The van der Waals surface area contributed by atoms with Crippen LogP contribution in [0.15, 0.2) is 0 Å². The monoisotopic (exact) mass is 211 g/mol. The van der Waals surface area contributed by atoms with Gasteiger partial charge in [0.2, 0.25) is 0 Å². The lowest BCUT2D eigenvalue weighted by Gasteiger charge is -2.21. The zero-order chi connectivity index (χ0) is 11.0. The van der Waals surface area contributed by atoms with Crippen molar-refractivity contribution in [1.29, 1.82) is 5.41 Å². The first-order chi connectivity index (χ1) is 7.08. The topological polar surface area (TPSA) is 73.3 Å². The number of rotatable bonds is 3. The Hall–Kier alpha value is -0.610. The Bertz CT molecular complexity index is 256. The molecule has 0 spiro atoms. The number of hydrogen-bond donors (Lipinski definition) is 3. The Morgan fingerprint density at radius 3 is 2.87 bits per heavy atom. The van der Waals surface area contributed by atoms with Crippen LogP contribution in [0.2, 0.25) is 0 Å². The van der Waals surface area contributed by atoms with Gasteiger partial charge in [0.1, 0.15) is 0 Å². The highest BCUT2D eigenvalue weighted by atomic mass is 16.3. The largest absolute Gasteiger partial charge is 0.393 e. The lowest BCUT2D eigenvalue weighted by Crippen LogP contribution is -2.34. The van der Waals surface area contributed by atoms with Crippen LogP contribution in [0, 0.1) is 23.2 Å². The SMILES string of the molecule is CC(CN1CC2CCC(O)C2C1)C(=N)N. The number of fused-ring (bicyclic) bond motifs is 1. The quantitative estimate of drug-likeness (QED) is 0.463. The van der Waals surface area contributed by atoms with E-state index in [0.29, 0.717) is 11.8 Å². The van der Waals surface area contributed by atoms with Gasteiger partial charge in [-0.3, -0.25) is 5.41 Å². The van der Waals surface area contributed by atoms with E-state index in [0.717, 1.165) is 32.5 Å². The van der Waals surface area contributed by atoms with Crippen LogP contribution in [0.3, 0.4) is 0 Å². The lowest BCUT2D eigenvalue weighted by atomic mass is 10.00. The summed E-state index contributed by atoms with van der Waals surface area (Å²) in [5.74, 6) is 1.57. The average molecular weight is 211 g/mol. The van der Waals surface area contributed by atoms with Crippen LogP contribution in [0.1, 0.15) is 19.8 Å². The Kier molecular flexibility index (Phi) is 2.98. The van der Waals surface area contributed by atoms with Crippen LogP contribution >= 0.6 is 0 Å². The molecule has 2 aliphatic rings. The predicted molar refractivity (Wildman–Crippen MR) is 59.7 cm³/mol. The summed E-state index contributed by atoms with van der Waals surface area (Å²) in [6.07, 6.45) is 2.05. The molecule has 2 rings (SSSR count). The van der Waals surface area contributed by atoms with Crippen LogP contribution < -0.4 is 5.73 Å². The van der Waals surface area contributed by atoms with Crippen molar-refractivity contribution < 1.29 is 5.11 Å². The van der Waals surface area contributed by atoms with Gasteiger partial charge in [-0.25, -0.2) is 0 Å². The third-order valence-corrected chi connectivity index (χ3v) is 3.96. The van der Waals surface area contributed by atoms with E-state index in [1.807, 2.05) is 6.92 Å². The minimum absolute atomic E-state index is 0.0902. The highest BCUT2D eigenvalue weighted by Gasteiger charge is 2.41. The number of nitrogens with two attached hydrogens (primary N) is 1. The zero-order valence-corrected chi connectivity index (χ0v) is 9.32. The van der Waals surface area contributed by atoms with Gasteiger partial charge < -0.3 is 15.7 Å². The molecule has 4 nitrogen and oxygen atoms in total. The Balaban J connectivity index is 1.86. The summed E-state index contributed by atoms with van der Waals surface area (Å²) >= 11 is 0. The van der Waals surface area contributed by atoms with Crippen LogP contribution in [0.5, 0.6) is 0 Å². The summed E-state index contributed by atoms with van der Waals surface area (Å²) in [5, 5.41) is 17.1. The molecule has 4 heteroatoms. The highest BCUT2D eigenvalue weighted by Crippen LogP contribution is 2.38. The molecule has 0 aromatic rings. The van der Waals surface area contributed by atoms with E-state index < -0.39 is 0 Å². The van der Waals surface area contributed by atoms with Crippen molar-refractivity contribution >= 4 is 5.84 Å².